The predicted octanol–water partition coefficient (Wildman–Crippen LogP) is 2.04. The molecule has 1 aliphatic rings. The van der Waals surface area contributed by atoms with E-state index < -0.39 is 27.2 Å². The van der Waals surface area contributed by atoms with E-state index in [2.05, 4.69) is 4.72 Å². The van der Waals surface area contributed by atoms with Crippen molar-refractivity contribution in [3.63, 3.8) is 0 Å². The summed E-state index contributed by atoms with van der Waals surface area (Å²) in [6.45, 7) is 9.20. The van der Waals surface area contributed by atoms with Gasteiger partial charge < -0.3 is 20.3 Å². The Morgan fingerprint density at radius 2 is 1.96 bits per heavy atom. The Morgan fingerprint density at radius 3 is 2.48 bits per heavy atom. The Labute approximate surface area is 165 Å². The largest absolute Gasteiger partial charge is 0.598 e. The SMILES string of the molecule is CN1C(=O)[C@@](CCN)(N[S@@+]([O-])C(C)(C)C)c2c(/C=C/C(C)(C)O)cccc21. The number of amides is 1. The molecule has 0 saturated carbocycles. The van der Waals surface area contributed by atoms with Crippen LogP contribution in [0.1, 0.15) is 52.2 Å². The topological polar surface area (TPSA) is 102 Å². The van der Waals surface area contributed by atoms with Gasteiger partial charge in [-0.3, -0.25) is 4.79 Å². The highest BCUT2D eigenvalue weighted by atomic mass is 32.2. The second kappa shape index (κ2) is 7.56. The van der Waals surface area contributed by atoms with Gasteiger partial charge in [-0.1, -0.05) is 24.3 Å². The number of hydrogen-bond acceptors (Lipinski definition) is 5. The Morgan fingerprint density at radius 1 is 1.33 bits per heavy atom. The van der Waals surface area contributed by atoms with Crippen LogP contribution in [0.25, 0.3) is 6.08 Å². The van der Waals surface area contributed by atoms with Crippen LogP contribution < -0.4 is 15.4 Å². The molecule has 0 spiro atoms. The molecule has 0 bridgehead atoms. The fourth-order valence-electron chi connectivity index (χ4n) is 3.14. The third-order valence-corrected chi connectivity index (χ3v) is 6.19. The van der Waals surface area contributed by atoms with E-state index in [9.17, 15) is 14.5 Å². The number of benzene rings is 1. The van der Waals surface area contributed by atoms with Crippen molar-refractivity contribution in [1.29, 1.82) is 0 Å². The van der Waals surface area contributed by atoms with Crippen LogP contribution in [0.5, 0.6) is 0 Å². The molecule has 2 atom stereocenters. The number of anilines is 1. The first-order chi connectivity index (χ1) is 12.3. The minimum absolute atomic E-state index is 0.176. The molecular formula is C20H31N3O3S. The molecule has 1 amide bonds. The number of nitrogens with two attached hydrogens (primary N) is 1. The third kappa shape index (κ3) is 4.38. The van der Waals surface area contributed by atoms with E-state index in [-0.39, 0.29) is 12.5 Å². The summed E-state index contributed by atoms with van der Waals surface area (Å²) in [5.74, 6) is -0.176. The molecule has 0 aliphatic carbocycles. The zero-order chi connectivity index (χ0) is 20.6. The van der Waals surface area contributed by atoms with Crippen molar-refractivity contribution < 1.29 is 14.5 Å². The summed E-state index contributed by atoms with van der Waals surface area (Å²) in [5.41, 5.74) is 6.01. The second-order valence-corrected chi connectivity index (χ2v) is 10.5. The van der Waals surface area contributed by atoms with Gasteiger partial charge in [-0.25, -0.2) is 0 Å². The Kier molecular flexibility index (Phi) is 6.14. The first-order valence-corrected chi connectivity index (χ1v) is 10.2. The molecule has 1 aromatic rings. The molecule has 2 rings (SSSR count). The van der Waals surface area contributed by atoms with Crippen molar-refractivity contribution >= 4 is 29.0 Å². The fourth-order valence-corrected chi connectivity index (χ4v) is 4.06. The molecule has 1 aromatic carbocycles. The summed E-state index contributed by atoms with van der Waals surface area (Å²) in [7, 11) is 1.71. The Balaban J connectivity index is 2.67. The van der Waals surface area contributed by atoms with Crippen molar-refractivity contribution in [1.82, 2.24) is 4.72 Å². The predicted molar refractivity (Wildman–Crippen MR) is 112 cm³/mol. The molecule has 150 valence electrons. The lowest BCUT2D eigenvalue weighted by Gasteiger charge is -2.34. The lowest BCUT2D eigenvalue weighted by Crippen LogP contribution is -2.57. The van der Waals surface area contributed by atoms with Crippen molar-refractivity contribution in [2.45, 2.75) is 56.9 Å². The molecule has 0 saturated heterocycles. The number of fused-ring (bicyclic) bond motifs is 1. The molecule has 27 heavy (non-hydrogen) atoms. The highest BCUT2D eigenvalue weighted by Crippen LogP contribution is 2.45. The van der Waals surface area contributed by atoms with Gasteiger partial charge in [-0.2, -0.15) is 0 Å². The van der Waals surface area contributed by atoms with Gasteiger partial charge in [0.15, 0.2) is 5.54 Å². The maximum Gasteiger partial charge on any atom is 0.256 e. The van der Waals surface area contributed by atoms with E-state index >= 15 is 0 Å². The molecule has 0 aromatic heterocycles. The molecule has 0 unspecified atom stereocenters. The monoisotopic (exact) mass is 393 g/mol. The van der Waals surface area contributed by atoms with Crippen LogP contribution in [0.4, 0.5) is 5.69 Å². The first-order valence-electron chi connectivity index (χ1n) is 9.06. The summed E-state index contributed by atoms with van der Waals surface area (Å²) >= 11 is -1.47. The van der Waals surface area contributed by atoms with Crippen LogP contribution in [0, 0.1) is 0 Å². The molecule has 0 fully saturated rings. The minimum Gasteiger partial charge on any atom is -0.598 e. The van der Waals surface area contributed by atoms with Gasteiger partial charge >= 0.3 is 0 Å². The van der Waals surface area contributed by atoms with E-state index in [0.717, 1.165) is 16.8 Å². The van der Waals surface area contributed by atoms with E-state index in [1.165, 1.54) is 0 Å². The van der Waals surface area contributed by atoms with Gasteiger partial charge in [0.25, 0.3) is 5.91 Å². The average molecular weight is 394 g/mol. The highest BCUT2D eigenvalue weighted by molar-refractivity contribution is 7.90. The van der Waals surface area contributed by atoms with Gasteiger partial charge in [0, 0.05) is 29.7 Å². The number of nitrogens with one attached hydrogen (secondary N) is 1. The van der Waals surface area contributed by atoms with E-state index in [4.69, 9.17) is 5.73 Å². The Bertz CT molecular complexity index is 737. The number of carbonyl (C=O) groups is 1. The van der Waals surface area contributed by atoms with Crippen LogP contribution in [-0.4, -0.2) is 39.5 Å². The van der Waals surface area contributed by atoms with Gasteiger partial charge in [0.1, 0.15) is 4.75 Å². The first kappa shape index (κ1) is 21.9. The van der Waals surface area contributed by atoms with Crippen LogP contribution in [0.15, 0.2) is 24.3 Å². The molecular weight excluding hydrogens is 362 g/mol. The number of aliphatic hydroxyl groups is 1. The van der Waals surface area contributed by atoms with Crippen molar-refractivity contribution in [2.75, 3.05) is 18.5 Å². The third-order valence-electron chi connectivity index (χ3n) is 4.55. The van der Waals surface area contributed by atoms with Crippen molar-refractivity contribution in [2.24, 2.45) is 5.73 Å². The van der Waals surface area contributed by atoms with Crippen LogP contribution >= 0.6 is 0 Å². The zero-order valence-electron chi connectivity index (χ0n) is 17.0. The average Bonchev–Trinajstić information content (AvgIpc) is 2.75. The van der Waals surface area contributed by atoms with E-state index in [0.29, 0.717) is 6.42 Å². The standard InChI is InChI=1S/C20H31N3O3S/c1-18(2,3)27(26)22-20(12-13-21)16-14(10-11-19(4,5)25)8-7-9-15(16)23(6)17(20)24/h7-11,22,25H,12-13,21H2,1-6H3/b11-10+/t20-,27-/m0/s1. The van der Waals surface area contributed by atoms with Crippen LogP contribution in [0.3, 0.4) is 0 Å². The van der Waals surface area contributed by atoms with E-state index in [1.54, 1.807) is 37.9 Å². The number of carbonyl (C=O) groups excluding carboxylic acids is 1. The summed E-state index contributed by atoms with van der Waals surface area (Å²) in [6.07, 6.45) is 3.80. The second-order valence-electron chi connectivity index (χ2n) is 8.52. The maximum absolute atomic E-state index is 13.3. The summed E-state index contributed by atoms with van der Waals surface area (Å²) < 4.78 is 15.5. The molecule has 6 nitrogen and oxygen atoms in total. The summed E-state index contributed by atoms with van der Waals surface area (Å²) in [6, 6.07) is 5.63. The molecule has 1 aliphatic heterocycles. The number of hydrogen-bond donors (Lipinski definition) is 3. The van der Waals surface area contributed by atoms with Crippen LogP contribution in [-0.2, 0) is 21.7 Å². The molecule has 7 heteroatoms. The smallest absolute Gasteiger partial charge is 0.256 e. The van der Waals surface area contributed by atoms with Crippen molar-refractivity contribution in [3.05, 3.63) is 35.4 Å². The lowest BCUT2D eigenvalue weighted by atomic mass is 9.85. The van der Waals surface area contributed by atoms with E-state index in [1.807, 2.05) is 39.0 Å². The normalized spacial score (nSPS) is 21.8. The van der Waals surface area contributed by atoms with Gasteiger partial charge in [0.05, 0.1) is 5.60 Å². The molecule has 4 N–H and O–H groups in total. The number of rotatable bonds is 6. The van der Waals surface area contributed by atoms with Crippen molar-refractivity contribution in [3.8, 4) is 0 Å². The Hall–Kier alpha value is -1.38. The molecule has 0 radical (unpaired) electrons. The maximum atomic E-state index is 13.3. The minimum atomic E-state index is -1.47. The quantitative estimate of drug-likeness (QED) is 0.642. The zero-order valence-corrected chi connectivity index (χ0v) is 17.8. The van der Waals surface area contributed by atoms with Crippen LogP contribution in [0.2, 0.25) is 0 Å². The van der Waals surface area contributed by atoms with Gasteiger partial charge in [-0.15, -0.1) is 4.72 Å². The molecule has 1 heterocycles. The van der Waals surface area contributed by atoms with Gasteiger partial charge in [0.2, 0.25) is 0 Å². The lowest BCUT2D eigenvalue weighted by molar-refractivity contribution is -0.123. The highest BCUT2D eigenvalue weighted by Gasteiger charge is 2.54. The fraction of sp³-hybridized carbons (Fsp3) is 0.550. The number of nitrogens with zero attached hydrogens (tertiary/aromatic N) is 1. The summed E-state index contributed by atoms with van der Waals surface area (Å²) in [5, 5.41) is 10.1. The van der Waals surface area contributed by atoms with Gasteiger partial charge in [-0.05, 0) is 59.2 Å². The number of likely N-dealkylation sites (N-methyl/N-ethyl adjacent to an activating group) is 1. The summed E-state index contributed by atoms with van der Waals surface area (Å²) in [4.78, 5) is 14.9.